The molecule has 1 aromatic rings. The van der Waals surface area contributed by atoms with E-state index in [1.165, 1.54) is 0 Å². The van der Waals surface area contributed by atoms with E-state index >= 15 is 0 Å². The van der Waals surface area contributed by atoms with Crippen LogP contribution in [-0.2, 0) is 0 Å². The second kappa shape index (κ2) is 4.96. The van der Waals surface area contributed by atoms with Gasteiger partial charge < -0.3 is 10.6 Å². The summed E-state index contributed by atoms with van der Waals surface area (Å²) in [6.45, 7) is 3.00. The zero-order valence-corrected chi connectivity index (χ0v) is 9.49. The molecule has 1 amide bonds. The topological polar surface area (TPSA) is 54.0 Å². The predicted octanol–water partition coefficient (Wildman–Crippen LogP) is 1.80. The molecule has 1 aliphatic carbocycles. The van der Waals surface area contributed by atoms with E-state index in [0.29, 0.717) is 11.6 Å². The number of hydrogen-bond acceptors (Lipinski definition) is 3. The summed E-state index contributed by atoms with van der Waals surface area (Å²) in [5.74, 6) is -0.0184. The smallest absolute Gasteiger partial charge is 0.253 e. The van der Waals surface area contributed by atoms with Gasteiger partial charge in [-0.05, 0) is 25.3 Å². The van der Waals surface area contributed by atoms with E-state index in [0.717, 1.165) is 31.5 Å². The Labute approximate surface area is 95.5 Å². The van der Waals surface area contributed by atoms with Gasteiger partial charge in [-0.3, -0.25) is 9.78 Å². The van der Waals surface area contributed by atoms with Crippen LogP contribution in [0.25, 0.3) is 0 Å². The Morgan fingerprint density at radius 1 is 1.50 bits per heavy atom. The molecule has 0 aromatic carbocycles. The Morgan fingerprint density at radius 2 is 2.31 bits per heavy atom. The first kappa shape index (κ1) is 10.9. The molecule has 0 saturated heterocycles. The van der Waals surface area contributed by atoms with Gasteiger partial charge in [-0.1, -0.05) is 6.92 Å². The van der Waals surface area contributed by atoms with Crippen LogP contribution < -0.4 is 10.6 Å². The maximum absolute atomic E-state index is 11.7. The molecule has 2 N–H and O–H groups in total. The zero-order chi connectivity index (χ0) is 11.4. The van der Waals surface area contributed by atoms with Crippen molar-refractivity contribution >= 4 is 11.6 Å². The highest BCUT2D eigenvalue weighted by atomic mass is 16.1. The molecule has 0 unspecified atom stereocenters. The van der Waals surface area contributed by atoms with E-state index in [1.54, 1.807) is 12.4 Å². The zero-order valence-electron chi connectivity index (χ0n) is 9.49. The number of anilines is 1. The van der Waals surface area contributed by atoms with E-state index in [4.69, 9.17) is 0 Å². The minimum absolute atomic E-state index is 0.0184. The van der Waals surface area contributed by atoms with Gasteiger partial charge in [0.15, 0.2) is 0 Å². The van der Waals surface area contributed by atoms with Gasteiger partial charge in [0.25, 0.3) is 5.91 Å². The van der Waals surface area contributed by atoms with E-state index in [9.17, 15) is 4.79 Å². The molecule has 1 heterocycles. The van der Waals surface area contributed by atoms with Crippen molar-refractivity contribution in [2.24, 2.45) is 0 Å². The Morgan fingerprint density at radius 3 is 3.00 bits per heavy atom. The normalized spacial score (nSPS) is 14.6. The molecular weight excluding hydrogens is 202 g/mol. The average molecular weight is 219 g/mol. The molecule has 0 aliphatic heterocycles. The fourth-order valence-corrected chi connectivity index (χ4v) is 1.43. The van der Waals surface area contributed by atoms with Crippen molar-refractivity contribution in [2.75, 3.05) is 11.9 Å². The highest BCUT2D eigenvalue weighted by Crippen LogP contribution is 2.19. The maximum atomic E-state index is 11.7. The van der Waals surface area contributed by atoms with Gasteiger partial charge >= 0.3 is 0 Å². The Bertz CT molecular complexity index is 374. The Balaban J connectivity index is 1.99. The average Bonchev–Trinajstić information content (AvgIpc) is 3.10. The predicted molar refractivity (Wildman–Crippen MR) is 63.5 cm³/mol. The maximum Gasteiger partial charge on any atom is 0.253 e. The van der Waals surface area contributed by atoms with Crippen molar-refractivity contribution in [3.05, 3.63) is 24.0 Å². The standard InChI is InChI=1S/C12H17N3O/c1-2-5-14-11-6-9(7-13-8-11)12(16)15-10-3-4-10/h6-8,10,14H,2-5H2,1H3,(H,15,16). The van der Waals surface area contributed by atoms with Gasteiger partial charge in [-0.15, -0.1) is 0 Å². The number of nitrogens with zero attached hydrogens (tertiary/aromatic N) is 1. The SMILES string of the molecule is CCCNc1cncc(C(=O)NC2CC2)c1. The highest BCUT2D eigenvalue weighted by Gasteiger charge is 2.23. The summed E-state index contributed by atoms with van der Waals surface area (Å²) < 4.78 is 0. The van der Waals surface area contributed by atoms with Crippen molar-refractivity contribution in [3.8, 4) is 0 Å². The van der Waals surface area contributed by atoms with E-state index in [2.05, 4.69) is 22.5 Å². The lowest BCUT2D eigenvalue weighted by atomic mass is 10.2. The largest absolute Gasteiger partial charge is 0.384 e. The lowest BCUT2D eigenvalue weighted by molar-refractivity contribution is 0.0951. The number of hydrogen-bond donors (Lipinski definition) is 2. The molecule has 16 heavy (non-hydrogen) atoms. The van der Waals surface area contributed by atoms with Crippen LogP contribution in [0.3, 0.4) is 0 Å². The van der Waals surface area contributed by atoms with E-state index in [1.807, 2.05) is 6.07 Å². The van der Waals surface area contributed by atoms with Gasteiger partial charge in [0, 0.05) is 25.0 Å². The van der Waals surface area contributed by atoms with Gasteiger partial charge in [-0.2, -0.15) is 0 Å². The minimum atomic E-state index is -0.0184. The highest BCUT2D eigenvalue weighted by molar-refractivity contribution is 5.95. The Hall–Kier alpha value is -1.58. The third kappa shape index (κ3) is 2.95. The summed E-state index contributed by atoms with van der Waals surface area (Å²) in [7, 11) is 0. The third-order valence-corrected chi connectivity index (χ3v) is 2.49. The minimum Gasteiger partial charge on any atom is -0.384 e. The van der Waals surface area contributed by atoms with Gasteiger partial charge in [0.2, 0.25) is 0 Å². The van der Waals surface area contributed by atoms with Crippen LogP contribution in [0.2, 0.25) is 0 Å². The van der Waals surface area contributed by atoms with Crippen LogP contribution in [-0.4, -0.2) is 23.5 Å². The number of nitrogens with one attached hydrogen (secondary N) is 2. The molecule has 0 atom stereocenters. The first-order valence-corrected chi connectivity index (χ1v) is 5.79. The molecule has 1 saturated carbocycles. The van der Waals surface area contributed by atoms with Crippen molar-refractivity contribution < 1.29 is 4.79 Å². The van der Waals surface area contributed by atoms with Crippen LogP contribution in [0.4, 0.5) is 5.69 Å². The summed E-state index contributed by atoms with van der Waals surface area (Å²) >= 11 is 0. The van der Waals surface area contributed by atoms with E-state index < -0.39 is 0 Å². The van der Waals surface area contributed by atoms with Gasteiger partial charge in [0.05, 0.1) is 11.3 Å². The molecule has 1 aromatic heterocycles. The summed E-state index contributed by atoms with van der Waals surface area (Å²) in [6.07, 6.45) is 6.61. The number of carbonyl (C=O) groups excluding carboxylic acids is 1. The number of rotatable bonds is 5. The molecule has 4 nitrogen and oxygen atoms in total. The lowest BCUT2D eigenvalue weighted by Gasteiger charge is -2.06. The van der Waals surface area contributed by atoms with Crippen molar-refractivity contribution in [3.63, 3.8) is 0 Å². The second-order valence-corrected chi connectivity index (χ2v) is 4.14. The molecule has 1 fully saturated rings. The molecule has 0 bridgehead atoms. The quantitative estimate of drug-likeness (QED) is 0.794. The molecule has 1 aliphatic rings. The lowest BCUT2D eigenvalue weighted by Crippen LogP contribution is -2.25. The van der Waals surface area contributed by atoms with Gasteiger partial charge in [-0.25, -0.2) is 0 Å². The number of pyridine rings is 1. The number of carbonyl (C=O) groups is 1. The summed E-state index contributed by atoms with van der Waals surface area (Å²) in [5, 5.41) is 6.16. The van der Waals surface area contributed by atoms with Gasteiger partial charge in [0.1, 0.15) is 0 Å². The first-order valence-electron chi connectivity index (χ1n) is 5.79. The molecule has 0 radical (unpaired) electrons. The number of aromatic nitrogens is 1. The molecule has 4 heteroatoms. The summed E-state index contributed by atoms with van der Waals surface area (Å²) in [6, 6.07) is 2.24. The van der Waals surface area contributed by atoms with Crippen LogP contribution in [0, 0.1) is 0 Å². The second-order valence-electron chi connectivity index (χ2n) is 4.14. The molecule has 0 spiro atoms. The van der Waals surface area contributed by atoms with Crippen molar-refractivity contribution in [1.29, 1.82) is 0 Å². The molecule has 86 valence electrons. The molecular formula is C12H17N3O. The monoisotopic (exact) mass is 219 g/mol. The van der Waals surface area contributed by atoms with Crippen LogP contribution >= 0.6 is 0 Å². The van der Waals surface area contributed by atoms with Crippen LogP contribution in [0.1, 0.15) is 36.5 Å². The fraction of sp³-hybridized carbons (Fsp3) is 0.500. The third-order valence-electron chi connectivity index (χ3n) is 2.49. The van der Waals surface area contributed by atoms with Crippen molar-refractivity contribution in [2.45, 2.75) is 32.2 Å². The van der Waals surface area contributed by atoms with Crippen molar-refractivity contribution in [1.82, 2.24) is 10.3 Å². The summed E-state index contributed by atoms with van der Waals surface area (Å²) in [4.78, 5) is 15.8. The number of amides is 1. The summed E-state index contributed by atoms with van der Waals surface area (Å²) in [5.41, 5.74) is 1.54. The molecule has 2 rings (SSSR count). The van der Waals surface area contributed by atoms with E-state index in [-0.39, 0.29) is 5.91 Å². The Kier molecular flexibility index (Phi) is 3.39. The first-order chi connectivity index (χ1) is 7.79. The van der Waals surface area contributed by atoms with Crippen LogP contribution in [0.5, 0.6) is 0 Å². The fourth-order valence-electron chi connectivity index (χ4n) is 1.43. The van der Waals surface area contributed by atoms with Crippen LogP contribution in [0.15, 0.2) is 18.5 Å².